The molecule has 0 radical (unpaired) electrons. The Hall–Kier alpha value is -0.820. The maximum absolute atomic E-state index is 9.25. The van der Waals surface area contributed by atoms with Crippen molar-refractivity contribution in [2.75, 3.05) is 6.61 Å². The molecule has 0 bridgehead atoms. The summed E-state index contributed by atoms with van der Waals surface area (Å²) in [5.74, 6) is 1.08. The van der Waals surface area contributed by atoms with Crippen molar-refractivity contribution in [1.29, 1.82) is 0 Å². The summed E-state index contributed by atoms with van der Waals surface area (Å²) in [4.78, 5) is 0. The average Bonchev–Trinajstić information content (AvgIpc) is 3.12. The molecule has 1 atom stereocenters. The molecule has 0 amide bonds. The number of aliphatic hydroxyl groups excluding tert-OH is 1. The predicted molar refractivity (Wildman–Crippen MR) is 67.9 cm³/mol. The highest BCUT2D eigenvalue weighted by molar-refractivity contribution is 5.36. The highest BCUT2D eigenvalue weighted by Crippen LogP contribution is 2.41. The first-order valence-corrected chi connectivity index (χ1v) is 6.49. The molecule has 0 aromatic heterocycles. The molecule has 88 valence electrons. The molecule has 2 rings (SSSR count). The zero-order valence-corrected chi connectivity index (χ0v) is 10.4. The Morgan fingerprint density at radius 1 is 1.31 bits per heavy atom. The zero-order valence-electron chi connectivity index (χ0n) is 10.4. The largest absolute Gasteiger partial charge is 0.396 e. The van der Waals surface area contributed by atoms with Crippen molar-refractivity contribution >= 4 is 0 Å². The lowest BCUT2D eigenvalue weighted by atomic mass is 9.94. The summed E-state index contributed by atoms with van der Waals surface area (Å²) < 4.78 is 0. The normalized spacial score (nSPS) is 17.4. The Balaban J connectivity index is 2.28. The van der Waals surface area contributed by atoms with Gasteiger partial charge >= 0.3 is 0 Å². The van der Waals surface area contributed by atoms with Gasteiger partial charge in [0.1, 0.15) is 0 Å². The Labute approximate surface area is 98.5 Å². The van der Waals surface area contributed by atoms with Gasteiger partial charge in [-0.25, -0.2) is 0 Å². The molecule has 1 aromatic carbocycles. The van der Waals surface area contributed by atoms with Gasteiger partial charge in [0.2, 0.25) is 0 Å². The number of hydrogen-bond acceptors (Lipinski definition) is 1. The van der Waals surface area contributed by atoms with E-state index in [1.807, 2.05) is 0 Å². The number of rotatable bonds is 5. The number of hydrogen-bond donors (Lipinski definition) is 1. The van der Waals surface area contributed by atoms with Crippen LogP contribution in [-0.4, -0.2) is 11.7 Å². The van der Waals surface area contributed by atoms with Gasteiger partial charge in [0.15, 0.2) is 0 Å². The predicted octanol–water partition coefficient (Wildman–Crippen LogP) is 3.61. The van der Waals surface area contributed by atoms with Gasteiger partial charge in [-0.15, -0.1) is 0 Å². The molecule has 1 aromatic rings. The molecular weight excluding hydrogens is 196 g/mol. The fourth-order valence-electron chi connectivity index (χ4n) is 2.22. The molecule has 1 unspecified atom stereocenters. The molecule has 0 spiro atoms. The van der Waals surface area contributed by atoms with Gasteiger partial charge in [-0.05, 0) is 41.9 Å². The summed E-state index contributed by atoms with van der Waals surface area (Å²) in [6.45, 7) is 4.57. The topological polar surface area (TPSA) is 20.2 Å². The zero-order chi connectivity index (χ0) is 11.5. The first-order valence-electron chi connectivity index (χ1n) is 6.49. The number of benzene rings is 1. The Morgan fingerprint density at radius 3 is 2.62 bits per heavy atom. The van der Waals surface area contributed by atoms with Crippen LogP contribution in [0.3, 0.4) is 0 Å². The third-order valence-corrected chi connectivity index (χ3v) is 3.47. The van der Waals surface area contributed by atoms with Crippen LogP contribution in [0.15, 0.2) is 18.2 Å². The summed E-state index contributed by atoms with van der Waals surface area (Å²) in [6.07, 6.45) is 5.05. The standard InChI is InChI=1S/C15H22O/c1-3-4-12-7-14(11(2)10-16)9-15(8-12)13-5-6-13/h7-9,11,13,16H,3-6,10H2,1-2H3. The molecule has 1 saturated carbocycles. The third-order valence-electron chi connectivity index (χ3n) is 3.47. The van der Waals surface area contributed by atoms with E-state index in [1.54, 1.807) is 0 Å². The molecule has 1 nitrogen and oxygen atoms in total. The van der Waals surface area contributed by atoms with E-state index in [2.05, 4.69) is 32.0 Å². The molecule has 1 N–H and O–H groups in total. The van der Waals surface area contributed by atoms with E-state index in [9.17, 15) is 5.11 Å². The van der Waals surface area contributed by atoms with Crippen LogP contribution < -0.4 is 0 Å². The van der Waals surface area contributed by atoms with E-state index in [1.165, 1.54) is 36.0 Å². The quantitative estimate of drug-likeness (QED) is 0.800. The Bertz CT molecular complexity index is 352. The van der Waals surface area contributed by atoms with Crippen LogP contribution >= 0.6 is 0 Å². The van der Waals surface area contributed by atoms with Crippen LogP contribution in [0.5, 0.6) is 0 Å². The van der Waals surface area contributed by atoms with Gasteiger partial charge in [-0.3, -0.25) is 0 Å². The second-order valence-electron chi connectivity index (χ2n) is 5.12. The van der Waals surface area contributed by atoms with Crippen molar-refractivity contribution < 1.29 is 5.11 Å². The van der Waals surface area contributed by atoms with Gasteiger partial charge in [0, 0.05) is 12.5 Å². The van der Waals surface area contributed by atoms with E-state index in [-0.39, 0.29) is 12.5 Å². The van der Waals surface area contributed by atoms with Crippen LogP contribution in [0.1, 0.15) is 61.6 Å². The Morgan fingerprint density at radius 2 is 2.06 bits per heavy atom. The highest BCUT2D eigenvalue weighted by atomic mass is 16.3. The van der Waals surface area contributed by atoms with E-state index in [0.717, 1.165) is 12.3 Å². The molecule has 1 aliphatic carbocycles. The monoisotopic (exact) mass is 218 g/mol. The minimum absolute atomic E-state index is 0.250. The maximum atomic E-state index is 9.25. The highest BCUT2D eigenvalue weighted by Gasteiger charge is 2.24. The smallest absolute Gasteiger partial charge is 0.0497 e. The lowest BCUT2D eigenvalue weighted by molar-refractivity contribution is 0.273. The minimum Gasteiger partial charge on any atom is -0.396 e. The summed E-state index contributed by atoms with van der Waals surface area (Å²) in [5.41, 5.74) is 4.26. The van der Waals surface area contributed by atoms with E-state index >= 15 is 0 Å². The van der Waals surface area contributed by atoms with Crippen molar-refractivity contribution in [2.45, 2.75) is 51.4 Å². The van der Waals surface area contributed by atoms with Crippen LogP contribution in [-0.2, 0) is 6.42 Å². The molecule has 1 fully saturated rings. The number of aryl methyl sites for hydroxylation is 1. The number of aliphatic hydroxyl groups is 1. The second kappa shape index (κ2) is 5.01. The maximum Gasteiger partial charge on any atom is 0.0497 e. The van der Waals surface area contributed by atoms with E-state index < -0.39 is 0 Å². The van der Waals surface area contributed by atoms with E-state index in [0.29, 0.717) is 0 Å². The minimum atomic E-state index is 0.250. The van der Waals surface area contributed by atoms with Crippen LogP contribution in [0, 0.1) is 0 Å². The van der Waals surface area contributed by atoms with Crippen molar-refractivity contribution in [3.05, 3.63) is 34.9 Å². The molecule has 0 saturated heterocycles. The first kappa shape index (κ1) is 11.7. The molecule has 1 heteroatoms. The van der Waals surface area contributed by atoms with Crippen LogP contribution in [0.4, 0.5) is 0 Å². The SMILES string of the molecule is CCCc1cc(C(C)CO)cc(C2CC2)c1. The molecule has 1 aliphatic rings. The second-order valence-corrected chi connectivity index (χ2v) is 5.12. The van der Waals surface area contributed by atoms with Gasteiger partial charge < -0.3 is 5.11 Å². The molecule has 0 heterocycles. The van der Waals surface area contributed by atoms with Crippen molar-refractivity contribution in [1.82, 2.24) is 0 Å². The van der Waals surface area contributed by atoms with Crippen LogP contribution in [0.2, 0.25) is 0 Å². The molecule has 16 heavy (non-hydrogen) atoms. The van der Waals surface area contributed by atoms with Gasteiger partial charge in [-0.2, -0.15) is 0 Å². The van der Waals surface area contributed by atoms with Gasteiger partial charge in [0.05, 0.1) is 0 Å². The lowest BCUT2D eigenvalue weighted by Gasteiger charge is -2.13. The van der Waals surface area contributed by atoms with Gasteiger partial charge in [-0.1, -0.05) is 38.5 Å². The summed E-state index contributed by atoms with van der Waals surface area (Å²) in [6, 6.07) is 6.95. The average molecular weight is 218 g/mol. The molecular formula is C15H22O. The first-order chi connectivity index (χ1) is 7.74. The van der Waals surface area contributed by atoms with Crippen LogP contribution in [0.25, 0.3) is 0 Å². The van der Waals surface area contributed by atoms with Crippen molar-refractivity contribution in [3.8, 4) is 0 Å². The van der Waals surface area contributed by atoms with E-state index in [4.69, 9.17) is 0 Å². The fourth-order valence-corrected chi connectivity index (χ4v) is 2.22. The summed E-state index contributed by atoms with van der Waals surface area (Å²) >= 11 is 0. The Kier molecular flexibility index (Phi) is 3.65. The summed E-state index contributed by atoms with van der Waals surface area (Å²) in [7, 11) is 0. The molecule has 0 aliphatic heterocycles. The third kappa shape index (κ3) is 2.65. The summed E-state index contributed by atoms with van der Waals surface area (Å²) in [5, 5.41) is 9.25. The van der Waals surface area contributed by atoms with Crippen molar-refractivity contribution in [3.63, 3.8) is 0 Å². The van der Waals surface area contributed by atoms with Crippen molar-refractivity contribution in [2.24, 2.45) is 0 Å². The van der Waals surface area contributed by atoms with Gasteiger partial charge in [0.25, 0.3) is 0 Å². The fraction of sp³-hybridized carbons (Fsp3) is 0.600. The lowest BCUT2D eigenvalue weighted by Crippen LogP contribution is -2.01.